The van der Waals surface area contributed by atoms with Crippen LogP contribution >= 0.6 is 0 Å². The summed E-state index contributed by atoms with van der Waals surface area (Å²) < 4.78 is 5.68. The molecule has 4 nitrogen and oxygen atoms in total. The number of anilines is 1. The van der Waals surface area contributed by atoms with Crippen molar-refractivity contribution in [3.63, 3.8) is 0 Å². The molecule has 0 aliphatic carbocycles. The number of ether oxygens (including phenoxy) is 1. The Balaban J connectivity index is 2.59. The zero-order chi connectivity index (χ0) is 12.9. The quantitative estimate of drug-likeness (QED) is 0.841. The van der Waals surface area contributed by atoms with Crippen LogP contribution in [0.2, 0.25) is 0 Å². The Morgan fingerprint density at radius 1 is 1.24 bits per heavy atom. The van der Waals surface area contributed by atoms with Gasteiger partial charge in [-0.1, -0.05) is 0 Å². The molecule has 0 atom stereocenters. The average Bonchev–Trinajstić information content (AvgIpc) is 2.19. The first-order valence-corrected chi connectivity index (χ1v) is 5.64. The SMILES string of the molecule is CNCC(=O)Nc1ccc(OC(C)(C)C)cc1. The van der Waals surface area contributed by atoms with Crippen LogP contribution in [0.4, 0.5) is 5.69 Å². The van der Waals surface area contributed by atoms with Crippen LogP contribution < -0.4 is 15.4 Å². The molecule has 1 aromatic carbocycles. The Kier molecular flexibility index (Phi) is 4.52. The highest BCUT2D eigenvalue weighted by molar-refractivity contribution is 5.92. The number of amides is 1. The zero-order valence-electron chi connectivity index (χ0n) is 10.8. The number of carbonyl (C=O) groups is 1. The van der Waals surface area contributed by atoms with Crippen LogP contribution in [0, 0.1) is 0 Å². The number of rotatable bonds is 4. The summed E-state index contributed by atoms with van der Waals surface area (Å²) in [6.45, 7) is 6.29. The van der Waals surface area contributed by atoms with Gasteiger partial charge < -0.3 is 15.4 Å². The van der Waals surface area contributed by atoms with Gasteiger partial charge in [-0.25, -0.2) is 0 Å². The molecule has 0 aromatic heterocycles. The predicted molar refractivity (Wildman–Crippen MR) is 69.4 cm³/mol. The van der Waals surface area contributed by atoms with Gasteiger partial charge in [-0.15, -0.1) is 0 Å². The van der Waals surface area contributed by atoms with Crippen LogP contribution in [-0.4, -0.2) is 25.1 Å². The van der Waals surface area contributed by atoms with Crippen LogP contribution in [0.5, 0.6) is 5.75 Å². The van der Waals surface area contributed by atoms with E-state index in [1.165, 1.54) is 0 Å². The average molecular weight is 236 g/mol. The summed E-state index contributed by atoms with van der Waals surface area (Å²) in [6.07, 6.45) is 0. The highest BCUT2D eigenvalue weighted by atomic mass is 16.5. The molecule has 0 heterocycles. The van der Waals surface area contributed by atoms with E-state index in [0.717, 1.165) is 11.4 Å². The summed E-state index contributed by atoms with van der Waals surface area (Å²) in [5.74, 6) is 0.737. The smallest absolute Gasteiger partial charge is 0.238 e. The van der Waals surface area contributed by atoms with Crippen molar-refractivity contribution in [1.82, 2.24) is 5.32 Å². The molecule has 0 aliphatic rings. The first kappa shape index (κ1) is 13.5. The predicted octanol–water partition coefficient (Wildman–Crippen LogP) is 2.02. The molecule has 2 N–H and O–H groups in total. The molecule has 0 saturated carbocycles. The molecule has 0 aliphatic heterocycles. The maximum Gasteiger partial charge on any atom is 0.238 e. The first-order valence-electron chi connectivity index (χ1n) is 5.64. The Morgan fingerprint density at radius 3 is 2.29 bits per heavy atom. The van der Waals surface area contributed by atoms with Crippen LogP contribution in [0.25, 0.3) is 0 Å². The lowest BCUT2D eigenvalue weighted by Gasteiger charge is -2.21. The van der Waals surface area contributed by atoms with E-state index in [-0.39, 0.29) is 11.5 Å². The number of likely N-dealkylation sites (N-methyl/N-ethyl adjacent to an activating group) is 1. The Labute approximate surface area is 102 Å². The maximum atomic E-state index is 11.3. The minimum Gasteiger partial charge on any atom is -0.488 e. The van der Waals surface area contributed by atoms with Gasteiger partial charge >= 0.3 is 0 Å². The zero-order valence-corrected chi connectivity index (χ0v) is 10.8. The van der Waals surface area contributed by atoms with Gasteiger partial charge in [0.1, 0.15) is 11.4 Å². The third-order valence-corrected chi connectivity index (χ3v) is 1.90. The fourth-order valence-electron chi connectivity index (χ4n) is 1.33. The maximum absolute atomic E-state index is 11.3. The molecule has 1 amide bonds. The van der Waals surface area contributed by atoms with Gasteiger partial charge in [0.05, 0.1) is 6.54 Å². The van der Waals surface area contributed by atoms with Crippen molar-refractivity contribution in [1.29, 1.82) is 0 Å². The van der Waals surface area contributed by atoms with E-state index in [1.54, 1.807) is 7.05 Å². The van der Waals surface area contributed by atoms with Crippen molar-refractivity contribution in [2.45, 2.75) is 26.4 Å². The second-order valence-electron chi connectivity index (χ2n) is 4.82. The number of nitrogens with one attached hydrogen (secondary N) is 2. The van der Waals surface area contributed by atoms with Gasteiger partial charge in [0.25, 0.3) is 0 Å². The number of hydrogen-bond acceptors (Lipinski definition) is 3. The molecular weight excluding hydrogens is 216 g/mol. The van der Waals surface area contributed by atoms with Crippen molar-refractivity contribution in [2.24, 2.45) is 0 Å². The molecule has 0 saturated heterocycles. The standard InChI is InChI=1S/C13H20N2O2/c1-13(2,3)17-11-7-5-10(6-8-11)15-12(16)9-14-4/h5-8,14H,9H2,1-4H3,(H,15,16). The van der Waals surface area contributed by atoms with Crippen molar-refractivity contribution >= 4 is 11.6 Å². The van der Waals surface area contributed by atoms with Gasteiger partial charge in [0.2, 0.25) is 5.91 Å². The summed E-state index contributed by atoms with van der Waals surface area (Å²) in [5, 5.41) is 5.57. The van der Waals surface area contributed by atoms with E-state index in [9.17, 15) is 4.79 Å². The van der Waals surface area contributed by atoms with Crippen molar-refractivity contribution in [2.75, 3.05) is 18.9 Å². The monoisotopic (exact) mass is 236 g/mol. The number of hydrogen-bond donors (Lipinski definition) is 2. The summed E-state index contributed by atoms with van der Waals surface area (Å²) in [4.78, 5) is 11.3. The third-order valence-electron chi connectivity index (χ3n) is 1.90. The van der Waals surface area contributed by atoms with E-state index >= 15 is 0 Å². The largest absolute Gasteiger partial charge is 0.488 e. The van der Waals surface area contributed by atoms with Crippen LogP contribution in [0.3, 0.4) is 0 Å². The van der Waals surface area contributed by atoms with Crippen molar-refractivity contribution in [3.8, 4) is 5.75 Å². The van der Waals surface area contributed by atoms with Gasteiger partial charge in [-0.2, -0.15) is 0 Å². The number of carbonyl (C=O) groups excluding carboxylic acids is 1. The minimum atomic E-state index is -0.211. The summed E-state index contributed by atoms with van der Waals surface area (Å²) in [7, 11) is 1.74. The van der Waals surface area contributed by atoms with Gasteiger partial charge in [0, 0.05) is 5.69 Å². The molecule has 4 heteroatoms. The molecule has 17 heavy (non-hydrogen) atoms. The first-order chi connectivity index (χ1) is 7.90. The molecule has 0 radical (unpaired) electrons. The summed E-state index contributed by atoms with van der Waals surface area (Å²) in [5.41, 5.74) is 0.559. The van der Waals surface area contributed by atoms with E-state index in [0.29, 0.717) is 6.54 Å². The second kappa shape index (κ2) is 5.68. The lowest BCUT2D eigenvalue weighted by Crippen LogP contribution is -2.25. The van der Waals surface area contributed by atoms with Crippen LogP contribution in [0.1, 0.15) is 20.8 Å². The van der Waals surface area contributed by atoms with Crippen LogP contribution in [0.15, 0.2) is 24.3 Å². The molecule has 0 unspecified atom stereocenters. The van der Waals surface area contributed by atoms with E-state index in [4.69, 9.17) is 4.74 Å². The molecule has 0 fully saturated rings. The van der Waals surface area contributed by atoms with E-state index in [1.807, 2.05) is 45.0 Å². The van der Waals surface area contributed by atoms with E-state index < -0.39 is 0 Å². The summed E-state index contributed by atoms with van der Waals surface area (Å²) >= 11 is 0. The fourth-order valence-corrected chi connectivity index (χ4v) is 1.33. The van der Waals surface area contributed by atoms with Gasteiger partial charge in [-0.3, -0.25) is 4.79 Å². The Morgan fingerprint density at radius 2 is 1.82 bits per heavy atom. The molecule has 94 valence electrons. The van der Waals surface area contributed by atoms with Gasteiger partial charge in [-0.05, 0) is 52.1 Å². The Hall–Kier alpha value is -1.55. The van der Waals surface area contributed by atoms with Crippen molar-refractivity contribution in [3.05, 3.63) is 24.3 Å². The highest BCUT2D eigenvalue weighted by Crippen LogP contribution is 2.20. The second-order valence-corrected chi connectivity index (χ2v) is 4.82. The molecule has 1 aromatic rings. The molecule has 1 rings (SSSR count). The number of benzene rings is 1. The molecule has 0 bridgehead atoms. The Bertz CT molecular complexity index is 366. The third kappa shape index (κ3) is 5.36. The lowest BCUT2D eigenvalue weighted by atomic mass is 10.2. The highest BCUT2D eigenvalue weighted by Gasteiger charge is 2.11. The van der Waals surface area contributed by atoms with E-state index in [2.05, 4.69) is 10.6 Å². The topological polar surface area (TPSA) is 50.4 Å². The lowest BCUT2D eigenvalue weighted by molar-refractivity contribution is -0.115. The normalized spacial score (nSPS) is 11.1. The van der Waals surface area contributed by atoms with Crippen LogP contribution in [-0.2, 0) is 4.79 Å². The minimum absolute atomic E-state index is 0.0583. The molecular formula is C13H20N2O2. The van der Waals surface area contributed by atoms with Gasteiger partial charge in [0.15, 0.2) is 0 Å². The van der Waals surface area contributed by atoms with Crippen molar-refractivity contribution < 1.29 is 9.53 Å². The fraction of sp³-hybridized carbons (Fsp3) is 0.462. The molecule has 0 spiro atoms. The summed E-state index contributed by atoms with van der Waals surface area (Å²) in [6, 6.07) is 7.35.